The van der Waals surface area contributed by atoms with Crippen LogP contribution in [0.15, 0.2) is 36.5 Å². The number of rotatable bonds is 3. The minimum Gasteiger partial charge on any atom is -0.353 e. The van der Waals surface area contributed by atoms with Crippen molar-refractivity contribution in [1.82, 2.24) is 14.4 Å². The second-order valence-electron chi connectivity index (χ2n) is 6.16. The highest BCUT2D eigenvalue weighted by molar-refractivity contribution is 5.94. The molecular formula is C18H21F2N3O. The topological polar surface area (TPSA) is 28.5 Å². The highest BCUT2D eigenvalue weighted by Crippen LogP contribution is 2.15. The lowest BCUT2D eigenvalue weighted by Gasteiger charge is -2.22. The maximum absolute atomic E-state index is 13.8. The molecule has 0 saturated carbocycles. The molecule has 2 aromatic rings. The maximum atomic E-state index is 13.8. The molecule has 0 radical (unpaired) electrons. The van der Waals surface area contributed by atoms with Crippen LogP contribution in [0.2, 0.25) is 0 Å². The fraction of sp³-hybridized carbons (Fsp3) is 0.389. The van der Waals surface area contributed by atoms with Crippen molar-refractivity contribution >= 4 is 5.91 Å². The van der Waals surface area contributed by atoms with Gasteiger partial charge in [0.1, 0.15) is 11.6 Å². The van der Waals surface area contributed by atoms with Gasteiger partial charge in [-0.25, -0.2) is 8.78 Å². The Bertz CT molecular complexity index is 729. The predicted octanol–water partition coefficient (Wildman–Crippen LogP) is 2.65. The average molecular weight is 333 g/mol. The zero-order chi connectivity index (χ0) is 17.1. The van der Waals surface area contributed by atoms with Crippen LogP contribution in [0.3, 0.4) is 0 Å². The van der Waals surface area contributed by atoms with E-state index in [1.807, 2.05) is 19.3 Å². The van der Waals surface area contributed by atoms with Crippen molar-refractivity contribution in [1.29, 1.82) is 0 Å². The number of carbonyl (C=O) groups is 1. The van der Waals surface area contributed by atoms with Gasteiger partial charge in [0, 0.05) is 57.7 Å². The molecule has 0 atom stereocenters. The van der Waals surface area contributed by atoms with Gasteiger partial charge in [-0.2, -0.15) is 0 Å². The van der Waals surface area contributed by atoms with Crippen molar-refractivity contribution < 1.29 is 13.6 Å². The Hall–Kier alpha value is -2.21. The van der Waals surface area contributed by atoms with Crippen molar-refractivity contribution in [2.45, 2.75) is 13.0 Å². The summed E-state index contributed by atoms with van der Waals surface area (Å²) >= 11 is 0. The Morgan fingerprint density at radius 3 is 2.67 bits per heavy atom. The molecular weight excluding hydrogens is 312 g/mol. The average Bonchev–Trinajstić information content (AvgIpc) is 2.81. The molecule has 3 rings (SSSR count). The Labute approximate surface area is 140 Å². The van der Waals surface area contributed by atoms with Gasteiger partial charge < -0.3 is 9.47 Å². The fourth-order valence-electron chi connectivity index (χ4n) is 3.06. The summed E-state index contributed by atoms with van der Waals surface area (Å²) in [6, 6.07) is 7.20. The van der Waals surface area contributed by atoms with E-state index in [1.165, 1.54) is 11.8 Å². The van der Waals surface area contributed by atoms with Gasteiger partial charge in [0.25, 0.3) is 5.91 Å². The number of carbonyl (C=O) groups excluding carboxylic acids is 1. The molecule has 0 bridgehead atoms. The summed E-state index contributed by atoms with van der Waals surface area (Å²) in [7, 11) is 2.01. The van der Waals surface area contributed by atoms with Gasteiger partial charge in [-0.05, 0) is 30.7 Å². The van der Waals surface area contributed by atoms with Crippen molar-refractivity contribution in [3.8, 4) is 0 Å². The SMILES string of the molecule is Cn1cccc1CN1CCCN(C(=O)c2ccc(F)cc2F)CC1. The van der Waals surface area contributed by atoms with Crippen LogP contribution in [0.25, 0.3) is 0 Å². The first kappa shape index (κ1) is 16.6. The van der Waals surface area contributed by atoms with Gasteiger partial charge in [0.05, 0.1) is 5.56 Å². The van der Waals surface area contributed by atoms with Crippen LogP contribution >= 0.6 is 0 Å². The lowest BCUT2D eigenvalue weighted by molar-refractivity contribution is 0.0756. The van der Waals surface area contributed by atoms with Gasteiger partial charge in [0.15, 0.2) is 0 Å². The molecule has 0 aliphatic carbocycles. The molecule has 0 unspecified atom stereocenters. The van der Waals surface area contributed by atoms with Gasteiger partial charge in [-0.3, -0.25) is 9.69 Å². The molecule has 1 aliphatic heterocycles. The molecule has 6 heteroatoms. The van der Waals surface area contributed by atoms with E-state index >= 15 is 0 Å². The number of aromatic nitrogens is 1. The molecule has 0 spiro atoms. The van der Waals surface area contributed by atoms with E-state index in [-0.39, 0.29) is 11.5 Å². The Kier molecular flexibility index (Phi) is 4.94. The van der Waals surface area contributed by atoms with Gasteiger partial charge in [-0.1, -0.05) is 0 Å². The Morgan fingerprint density at radius 1 is 1.12 bits per heavy atom. The number of halogens is 2. The van der Waals surface area contributed by atoms with E-state index in [0.29, 0.717) is 13.1 Å². The lowest BCUT2D eigenvalue weighted by atomic mass is 10.1. The Balaban J connectivity index is 1.64. The van der Waals surface area contributed by atoms with Gasteiger partial charge >= 0.3 is 0 Å². The first-order valence-corrected chi connectivity index (χ1v) is 8.11. The van der Waals surface area contributed by atoms with Crippen molar-refractivity contribution in [3.63, 3.8) is 0 Å². The first-order valence-electron chi connectivity index (χ1n) is 8.11. The highest BCUT2D eigenvalue weighted by atomic mass is 19.1. The molecule has 4 nitrogen and oxygen atoms in total. The third-order valence-electron chi connectivity index (χ3n) is 4.47. The second kappa shape index (κ2) is 7.13. The van der Waals surface area contributed by atoms with Crippen LogP contribution in [0, 0.1) is 11.6 Å². The summed E-state index contributed by atoms with van der Waals surface area (Å²) in [4.78, 5) is 16.5. The van der Waals surface area contributed by atoms with Crippen LogP contribution in [-0.2, 0) is 13.6 Å². The number of aryl methyl sites for hydroxylation is 1. The van der Waals surface area contributed by atoms with E-state index in [1.54, 1.807) is 4.90 Å². The van der Waals surface area contributed by atoms with Crippen molar-refractivity contribution in [2.75, 3.05) is 26.2 Å². The molecule has 1 aromatic heterocycles. The van der Waals surface area contributed by atoms with Crippen molar-refractivity contribution in [2.24, 2.45) is 7.05 Å². The second-order valence-corrected chi connectivity index (χ2v) is 6.16. The molecule has 1 fully saturated rings. The largest absolute Gasteiger partial charge is 0.353 e. The fourth-order valence-corrected chi connectivity index (χ4v) is 3.06. The minimum absolute atomic E-state index is 0.0627. The monoisotopic (exact) mass is 333 g/mol. The van der Waals surface area contributed by atoms with Crippen LogP contribution < -0.4 is 0 Å². The summed E-state index contributed by atoms with van der Waals surface area (Å²) in [6.07, 6.45) is 2.85. The van der Waals surface area contributed by atoms with E-state index < -0.39 is 11.6 Å². The third kappa shape index (κ3) is 3.64. The van der Waals surface area contributed by atoms with Crippen LogP contribution in [0.1, 0.15) is 22.5 Å². The van der Waals surface area contributed by atoms with E-state index in [9.17, 15) is 13.6 Å². The van der Waals surface area contributed by atoms with Gasteiger partial charge in [0.2, 0.25) is 0 Å². The standard InChI is InChI=1S/C18H21F2N3O/c1-21-7-2-4-15(21)13-22-8-3-9-23(11-10-22)18(24)16-6-5-14(19)12-17(16)20/h2,4-7,12H,3,8-11,13H2,1H3. The predicted molar refractivity (Wildman–Crippen MR) is 87.6 cm³/mol. The number of hydrogen-bond donors (Lipinski definition) is 0. The zero-order valence-electron chi connectivity index (χ0n) is 13.7. The van der Waals surface area contributed by atoms with Crippen LogP contribution in [0.5, 0.6) is 0 Å². The number of benzene rings is 1. The molecule has 1 saturated heterocycles. The zero-order valence-corrected chi connectivity index (χ0v) is 13.7. The van der Waals surface area contributed by atoms with Crippen molar-refractivity contribution in [3.05, 3.63) is 59.4 Å². The van der Waals surface area contributed by atoms with E-state index in [4.69, 9.17) is 0 Å². The number of amides is 1. The molecule has 0 N–H and O–H groups in total. The highest BCUT2D eigenvalue weighted by Gasteiger charge is 2.23. The summed E-state index contributed by atoms with van der Waals surface area (Å²) in [5.41, 5.74) is 1.16. The van der Waals surface area contributed by atoms with Crippen LogP contribution in [0.4, 0.5) is 8.78 Å². The number of nitrogens with zero attached hydrogens (tertiary/aromatic N) is 3. The summed E-state index contributed by atoms with van der Waals surface area (Å²) in [5, 5.41) is 0. The molecule has 1 aromatic carbocycles. The molecule has 2 heterocycles. The summed E-state index contributed by atoms with van der Waals surface area (Å²) in [6.45, 7) is 3.58. The molecule has 1 amide bonds. The number of hydrogen-bond acceptors (Lipinski definition) is 2. The summed E-state index contributed by atoms with van der Waals surface area (Å²) < 4.78 is 28.9. The van der Waals surface area contributed by atoms with E-state index in [0.717, 1.165) is 38.2 Å². The lowest BCUT2D eigenvalue weighted by Crippen LogP contribution is -2.35. The third-order valence-corrected chi connectivity index (χ3v) is 4.47. The molecule has 128 valence electrons. The smallest absolute Gasteiger partial charge is 0.256 e. The van der Waals surface area contributed by atoms with Crippen LogP contribution in [-0.4, -0.2) is 46.5 Å². The van der Waals surface area contributed by atoms with Gasteiger partial charge in [-0.15, -0.1) is 0 Å². The normalized spacial score (nSPS) is 16.2. The van der Waals surface area contributed by atoms with E-state index in [2.05, 4.69) is 15.5 Å². The first-order chi connectivity index (χ1) is 11.5. The Morgan fingerprint density at radius 2 is 1.96 bits per heavy atom. The molecule has 1 aliphatic rings. The minimum atomic E-state index is -0.801. The summed E-state index contributed by atoms with van der Waals surface area (Å²) in [5.74, 6) is -1.84. The molecule has 24 heavy (non-hydrogen) atoms. The maximum Gasteiger partial charge on any atom is 0.256 e. The quantitative estimate of drug-likeness (QED) is 0.864.